The highest BCUT2D eigenvalue weighted by Gasteiger charge is 2.46. The number of nitrogens with zero attached hydrogens (tertiary/aromatic N) is 1. The minimum absolute atomic E-state index is 0.283. The van der Waals surface area contributed by atoms with Crippen molar-refractivity contribution in [2.75, 3.05) is 0 Å². The first-order valence-electron chi connectivity index (χ1n) is 3.79. The molecule has 0 bridgehead atoms. The second-order valence-electron chi connectivity index (χ2n) is 4.13. The highest BCUT2D eigenvalue weighted by molar-refractivity contribution is 5.83. The molecule has 0 aromatic heterocycles. The van der Waals surface area contributed by atoms with E-state index in [9.17, 15) is 5.11 Å². The number of oxime groups is 1. The Morgan fingerprint density at radius 3 is 2.27 bits per heavy atom. The van der Waals surface area contributed by atoms with Crippen LogP contribution >= 0.6 is 0 Å². The highest BCUT2D eigenvalue weighted by atomic mass is 16.7. The van der Waals surface area contributed by atoms with E-state index in [-0.39, 0.29) is 5.41 Å². The Labute approximate surface area is 67.0 Å². The van der Waals surface area contributed by atoms with E-state index in [0.717, 1.165) is 5.71 Å². The smallest absolute Gasteiger partial charge is 0.244 e. The van der Waals surface area contributed by atoms with Gasteiger partial charge in [-0.05, 0) is 6.92 Å². The summed E-state index contributed by atoms with van der Waals surface area (Å²) in [6.45, 7) is 7.65. The van der Waals surface area contributed by atoms with Crippen LogP contribution in [0.25, 0.3) is 0 Å². The van der Waals surface area contributed by atoms with Crippen LogP contribution in [0.15, 0.2) is 5.16 Å². The Balaban J connectivity index is 2.74. The van der Waals surface area contributed by atoms with E-state index in [4.69, 9.17) is 4.84 Å². The quantitative estimate of drug-likeness (QED) is 0.579. The molecule has 1 aliphatic rings. The molecule has 0 aromatic carbocycles. The second kappa shape index (κ2) is 2.21. The second-order valence-corrected chi connectivity index (χ2v) is 4.13. The van der Waals surface area contributed by atoms with Gasteiger partial charge in [-0.1, -0.05) is 25.9 Å². The Hall–Kier alpha value is -0.570. The number of hydrogen-bond donors (Lipinski definition) is 1. The van der Waals surface area contributed by atoms with E-state index in [0.29, 0.717) is 6.42 Å². The molecule has 64 valence electrons. The molecule has 1 rings (SSSR count). The van der Waals surface area contributed by atoms with Crippen molar-refractivity contribution in [3.05, 3.63) is 0 Å². The van der Waals surface area contributed by atoms with Gasteiger partial charge in [0.2, 0.25) is 5.79 Å². The van der Waals surface area contributed by atoms with Gasteiger partial charge in [-0.25, -0.2) is 0 Å². The van der Waals surface area contributed by atoms with Crippen molar-refractivity contribution >= 4 is 5.71 Å². The van der Waals surface area contributed by atoms with Gasteiger partial charge in [0.05, 0.1) is 12.1 Å². The third-order valence-corrected chi connectivity index (χ3v) is 2.02. The molecule has 0 unspecified atom stereocenters. The molecule has 1 heterocycles. The normalized spacial score (nSPS) is 31.5. The molecule has 3 nitrogen and oxygen atoms in total. The predicted molar refractivity (Wildman–Crippen MR) is 43.2 cm³/mol. The predicted octanol–water partition coefficient (Wildman–Crippen LogP) is 1.52. The van der Waals surface area contributed by atoms with Gasteiger partial charge in [0.1, 0.15) is 0 Å². The average Bonchev–Trinajstić information content (AvgIpc) is 2.10. The summed E-state index contributed by atoms with van der Waals surface area (Å²) in [4.78, 5) is 4.96. The van der Waals surface area contributed by atoms with E-state index in [1.165, 1.54) is 0 Å². The maximum Gasteiger partial charge on any atom is 0.244 e. The summed E-state index contributed by atoms with van der Waals surface area (Å²) < 4.78 is 0. The lowest BCUT2D eigenvalue weighted by Gasteiger charge is -2.33. The summed E-state index contributed by atoms with van der Waals surface area (Å²) in [6, 6.07) is 0. The monoisotopic (exact) mass is 157 g/mol. The standard InChI is InChI=1S/C8H15NO2/c1-6-5-8(10,11-9-6)7(2,3)4/h10H,5H2,1-4H3/t8-/m1/s1. The molecule has 3 heteroatoms. The van der Waals surface area contributed by atoms with Crippen molar-refractivity contribution in [3.8, 4) is 0 Å². The van der Waals surface area contributed by atoms with E-state index in [1.807, 2.05) is 27.7 Å². The van der Waals surface area contributed by atoms with Gasteiger partial charge in [-0.3, -0.25) is 0 Å². The van der Waals surface area contributed by atoms with Crippen LogP contribution in [0.1, 0.15) is 34.1 Å². The molecule has 0 spiro atoms. The van der Waals surface area contributed by atoms with Crippen LogP contribution in [0, 0.1) is 5.41 Å². The van der Waals surface area contributed by atoms with Crippen molar-refractivity contribution in [1.29, 1.82) is 0 Å². The van der Waals surface area contributed by atoms with Gasteiger partial charge >= 0.3 is 0 Å². The molecule has 0 aliphatic carbocycles. The molecule has 0 fully saturated rings. The van der Waals surface area contributed by atoms with E-state index in [2.05, 4.69) is 5.16 Å². The van der Waals surface area contributed by atoms with Crippen molar-refractivity contribution in [2.45, 2.75) is 39.9 Å². The van der Waals surface area contributed by atoms with Crippen LogP contribution in [0.5, 0.6) is 0 Å². The van der Waals surface area contributed by atoms with Gasteiger partial charge in [0.15, 0.2) is 0 Å². The molecule has 0 saturated heterocycles. The molecule has 1 atom stereocenters. The zero-order valence-corrected chi connectivity index (χ0v) is 7.51. The van der Waals surface area contributed by atoms with Crippen molar-refractivity contribution in [3.63, 3.8) is 0 Å². The fourth-order valence-corrected chi connectivity index (χ4v) is 0.967. The number of rotatable bonds is 0. The third-order valence-electron chi connectivity index (χ3n) is 2.02. The Bertz CT molecular complexity index is 193. The van der Waals surface area contributed by atoms with E-state index < -0.39 is 5.79 Å². The van der Waals surface area contributed by atoms with Gasteiger partial charge in [-0.15, -0.1) is 0 Å². The van der Waals surface area contributed by atoms with Crippen LogP contribution < -0.4 is 0 Å². The first kappa shape index (κ1) is 8.53. The lowest BCUT2D eigenvalue weighted by Crippen LogP contribution is -2.42. The zero-order chi connectivity index (χ0) is 8.70. The lowest BCUT2D eigenvalue weighted by molar-refractivity contribution is -0.244. The fraction of sp³-hybridized carbons (Fsp3) is 0.875. The molecular weight excluding hydrogens is 142 g/mol. The highest BCUT2D eigenvalue weighted by Crippen LogP contribution is 2.37. The molecule has 0 amide bonds. The average molecular weight is 157 g/mol. The van der Waals surface area contributed by atoms with Gasteiger partial charge < -0.3 is 9.94 Å². The molecule has 0 saturated carbocycles. The van der Waals surface area contributed by atoms with Gasteiger partial charge in [-0.2, -0.15) is 0 Å². The maximum atomic E-state index is 9.86. The van der Waals surface area contributed by atoms with Crippen molar-refractivity contribution < 1.29 is 9.94 Å². The summed E-state index contributed by atoms with van der Waals surface area (Å²) in [5, 5.41) is 13.6. The molecule has 0 aromatic rings. The Morgan fingerprint density at radius 2 is 2.09 bits per heavy atom. The van der Waals surface area contributed by atoms with E-state index in [1.54, 1.807) is 0 Å². The third kappa shape index (κ3) is 1.38. The zero-order valence-electron chi connectivity index (χ0n) is 7.51. The summed E-state index contributed by atoms with van der Waals surface area (Å²) in [6.07, 6.45) is 0.510. The van der Waals surface area contributed by atoms with Crippen LogP contribution in [0.3, 0.4) is 0 Å². The molecular formula is C8H15NO2. The topological polar surface area (TPSA) is 41.8 Å². The Morgan fingerprint density at radius 1 is 1.55 bits per heavy atom. The summed E-state index contributed by atoms with van der Waals surface area (Å²) in [5.74, 6) is -1.10. The number of hydrogen-bond acceptors (Lipinski definition) is 3. The lowest BCUT2D eigenvalue weighted by atomic mass is 9.83. The number of aliphatic hydroxyl groups is 1. The first-order valence-corrected chi connectivity index (χ1v) is 3.79. The van der Waals surface area contributed by atoms with Gasteiger partial charge in [0.25, 0.3) is 0 Å². The van der Waals surface area contributed by atoms with Crippen LogP contribution in [-0.2, 0) is 4.84 Å². The maximum absolute atomic E-state index is 9.86. The molecule has 0 radical (unpaired) electrons. The largest absolute Gasteiger partial charge is 0.360 e. The van der Waals surface area contributed by atoms with E-state index >= 15 is 0 Å². The fourth-order valence-electron chi connectivity index (χ4n) is 0.967. The Kier molecular flexibility index (Phi) is 1.71. The minimum atomic E-state index is -1.10. The summed E-state index contributed by atoms with van der Waals surface area (Å²) in [7, 11) is 0. The van der Waals surface area contributed by atoms with Crippen LogP contribution in [-0.4, -0.2) is 16.6 Å². The van der Waals surface area contributed by atoms with Crippen LogP contribution in [0.2, 0.25) is 0 Å². The van der Waals surface area contributed by atoms with Gasteiger partial charge in [0, 0.05) is 5.41 Å². The summed E-state index contributed by atoms with van der Waals surface area (Å²) >= 11 is 0. The minimum Gasteiger partial charge on any atom is -0.360 e. The molecule has 11 heavy (non-hydrogen) atoms. The van der Waals surface area contributed by atoms with Crippen molar-refractivity contribution in [2.24, 2.45) is 10.6 Å². The van der Waals surface area contributed by atoms with Crippen molar-refractivity contribution in [1.82, 2.24) is 0 Å². The summed E-state index contributed by atoms with van der Waals surface area (Å²) in [5.41, 5.74) is 0.566. The molecule has 1 N–H and O–H groups in total. The SMILES string of the molecule is CC1=NO[C@@](O)(C(C)(C)C)C1. The first-order chi connectivity index (χ1) is 4.85. The molecule has 1 aliphatic heterocycles. The van der Waals surface area contributed by atoms with Crippen LogP contribution in [0.4, 0.5) is 0 Å².